The third kappa shape index (κ3) is 3.81. The lowest BCUT2D eigenvalue weighted by atomic mass is 10.2. The maximum Gasteiger partial charge on any atom is 0.258 e. The standard InChI is InChI=1S/C15H10F2N4O.C2H6/c16-11-7-4-8-12(17)13(11)21-9-18-15(20-21)19-14(22)10-5-2-1-3-6-10;1-2/h1-9H,(H,19,20,22);1-2H3. The van der Waals surface area contributed by atoms with Gasteiger partial charge in [-0.05, 0) is 24.3 Å². The molecule has 1 amide bonds. The van der Waals surface area contributed by atoms with Crippen LogP contribution in [0.4, 0.5) is 14.7 Å². The lowest BCUT2D eigenvalue weighted by Gasteiger charge is -2.03. The van der Waals surface area contributed by atoms with Crippen LogP contribution in [0.15, 0.2) is 54.9 Å². The number of nitrogens with one attached hydrogen (secondary N) is 1. The van der Waals surface area contributed by atoms with Crippen molar-refractivity contribution < 1.29 is 13.6 Å². The molecule has 2 aromatic carbocycles. The van der Waals surface area contributed by atoms with Crippen LogP contribution in [0.2, 0.25) is 0 Å². The topological polar surface area (TPSA) is 59.8 Å². The van der Waals surface area contributed by atoms with Crippen LogP contribution in [0.3, 0.4) is 0 Å². The molecule has 24 heavy (non-hydrogen) atoms. The third-order valence-electron chi connectivity index (χ3n) is 2.92. The Labute approximate surface area is 138 Å². The van der Waals surface area contributed by atoms with Crippen LogP contribution in [-0.2, 0) is 0 Å². The molecule has 0 saturated carbocycles. The first kappa shape index (κ1) is 17.3. The summed E-state index contributed by atoms with van der Waals surface area (Å²) in [7, 11) is 0. The summed E-state index contributed by atoms with van der Waals surface area (Å²) >= 11 is 0. The number of hydrogen-bond acceptors (Lipinski definition) is 3. The van der Waals surface area contributed by atoms with Gasteiger partial charge in [0.2, 0.25) is 5.95 Å². The summed E-state index contributed by atoms with van der Waals surface area (Å²) in [6.45, 7) is 4.00. The molecular weight excluding hydrogens is 314 g/mol. The number of hydrogen-bond donors (Lipinski definition) is 1. The molecule has 0 fully saturated rings. The van der Waals surface area contributed by atoms with Gasteiger partial charge in [0.05, 0.1) is 0 Å². The highest BCUT2D eigenvalue weighted by molar-refractivity contribution is 6.03. The zero-order chi connectivity index (χ0) is 17.5. The minimum atomic E-state index is -0.772. The number of carbonyl (C=O) groups excluding carboxylic acids is 1. The summed E-state index contributed by atoms with van der Waals surface area (Å²) in [5.74, 6) is -2.00. The second-order valence-corrected chi connectivity index (χ2v) is 4.40. The fourth-order valence-electron chi connectivity index (χ4n) is 1.90. The van der Waals surface area contributed by atoms with Crippen molar-refractivity contribution in [3.63, 3.8) is 0 Å². The Kier molecular flexibility index (Phi) is 5.73. The number of benzene rings is 2. The van der Waals surface area contributed by atoms with Gasteiger partial charge in [0.15, 0.2) is 11.6 Å². The molecule has 0 aliphatic rings. The van der Waals surface area contributed by atoms with Crippen molar-refractivity contribution in [2.75, 3.05) is 5.32 Å². The first-order chi connectivity index (χ1) is 11.6. The number of halogens is 2. The highest BCUT2D eigenvalue weighted by Gasteiger charge is 2.14. The number of amides is 1. The lowest BCUT2D eigenvalue weighted by Crippen LogP contribution is -2.13. The van der Waals surface area contributed by atoms with Crippen molar-refractivity contribution in [1.29, 1.82) is 0 Å². The van der Waals surface area contributed by atoms with E-state index < -0.39 is 17.5 Å². The molecule has 0 aliphatic carbocycles. The van der Waals surface area contributed by atoms with Crippen LogP contribution >= 0.6 is 0 Å². The van der Waals surface area contributed by atoms with Crippen molar-refractivity contribution in [3.05, 3.63) is 72.1 Å². The molecule has 3 rings (SSSR count). The van der Waals surface area contributed by atoms with Gasteiger partial charge in [-0.15, -0.1) is 5.10 Å². The van der Waals surface area contributed by atoms with Gasteiger partial charge in [0.1, 0.15) is 12.0 Å². The Bertz CT molecular complexity index is 798. The largest absolute Gasteiger partial charge is 0.289 e. The molecule has 0 spiro atoms. The number of aromatic nitrogens is 3. The smallest absolute Gasteiger partial charge is 0.258 e. The van der Waals surface area contributed by atoms with E-state index >= 15 is 0 Å². The van der Waals surface area contributed by atoms with Crippen molar-refractivity contribution in [2.24, 2.45) is 0 Å². The monoisotopic (exact) mass is 330 g/mol. The van der Waals surface area contributed by atoms with Crippen LogP contribution in [0.1, 0.15) is 24.2 Å². The number of para-hydroxylation sites is 1. The van der Waals surface area contributed by atoms with E-state index in [1.54, 1.807) is 30.3 Å². The third-order valence-corrected chi connectivity index (χ3v) is 2.92. The highest BCUT2D eigenvalue weighted by Crippen LogP contribution is 2.17. The van der Waals surface area contributed by atoms with E-state index in [1.165, 1.54) is 6.07 Å². The average molecular weight is 330 g/mol. The maximum atomic E-state index is 13.7. The molecule has 124 valence electrons. The summed E-state index contributed by atoms with van der Waals surface area (Å²) in [4.78, 5) is 15.8. The van der Waals surface area contributed by atoms with Gasteiger partial charge in [-0.3, -0.25) is 10.1 Å². The van der Waals surface area contributed by atoms with Gasteiger partial charge in [0.25, 0.3) is 5.91 Å². The molecule has 0 bridgehead atoms. The van der Waals surface area contributed by atoms with Crippen LogP contribution in [-0.4, -0.2) is 20.7 Å². The molecule has 0 aliphatic heterocycles. The van der Waals surface area contributed by atoms with E-state index in [0.29, 0.717) is 5.56 Å². The van der Waals surface area contributed by atoms with Crippen molar-refractivity contribution in [2.45, 2.75) is 13.8 Å². The van der Waals surface area contributed by atoms with Crippen LogP contribution in [0.25, 0.3) is 5.69 Å². The Morgan fingerprint density at radius 1 is 1.00 bits per heavy atom. The van der Waals surface area contributed by atoms with Gasteiger partial charge in [0, 0.05) is 5.56 Å². The number of carbonyl (C=O) groups is 1. The number of rotatable bonds is 3. The molecule has 7 heteroatoms. The van der Waals surface area contributed by atoms with Crippen LogP contribution in [0, 0.1) is 11.6 Å². The lowest BCUT2D eigenvalue weighted by molar-refractivity contribution is 0.102. The first-order valence-corrected chi connectivity index (χ1v) is 7.37. The highest BCUT2D eigenvalue weighted by atomic mass is 19.1. The van der Waals surface area contributed by atoms with Gasteiger partial charge >= 0.3 is 0 Å². The van der Waals surface area contributed by atoms with Gasteiger partial charge < -0.3 is 0 Å². The quantitative estimate of drug-likeness (QED) is 0.794. The minimum Gasteiger partial charge on any atom is -0.289 e. The first-order valence-electron chi connectivity index (χ1n) is 7.37. The van der Waals surface area contributed by atoms with Crippen LogP contribution < -0.4 is 5.32 Å². The van der Waals surface area contributed by atoms with Gasteiger partial charge in [-0.1, -0.05) is 38.1 Å². The van der Waals surface area contributed by atoms with Gasteiger partial charge in [-0.25, -0.2) is 13.5 Å². The molecule has 0 radical (unpaired) electrons. The van der Waals surface area contributed by atoms with E-state index in [-0.39, 0.29) is 11.6 Å². The summed E-state index contributed by atoms with van der Waals surface area (Å²) < 4.78 is 28.2. The molecule has 0 unspecified atom stereocenters. The molecule has 3 aromatic rings. The van der Waals surface area contributed by atoms with Crippen molar-refractivity contribution in [1.82, 2.24) is 14.8 Å². The van der Waals surface area contributed by atoms with E-state index in [2.05, 4.69) is 15.4 Å². The predicted octanol–water partition coefficient (Wildman–Crippen LogP) is 3.82. The van der Waals surface area contributed by atoms with E-state index in [0.717, 1.165) is 23.1 Å². The van der Waals surface area contributed by atoms with E-state index in [1.807, 2.05) is 13.8 Å². The minimum absolute atomic E-state index is 0.0449. The normalized spacial score (nSPS) is 9.83. The number of nitrogens with zero attached hydrogens (tertiary/aromatic N) is 3. The zero-order valence-corrected chi connectivity index (χ0v) is 13.2. The Morgan fingerprint density at radius 2 is 1.62 bits per heavy atom. The molecule has 1 N–H and O–H groups in total. The summed E-state index contributed by atoms with van der Waals surface area (Å²) in [5, 5.41) is 6.32. The average Bonchev–Trinajstić information content (AvgIpc) is 3.05. The van der Waals surface area contributed by atoms with Crippen molar-refractivity contribution >= 4 is 11.9 Å². The van der Waals surface area contributed by atoms with Gasteiger partial charge in [-0.2, -0.15) is 4.98 Å². The fourth-order valence-corrected chi connectivity index (χ4v) is 1.90. The second kappa shape index (κ2) is 7.96. The summed E-state index contributed by atoms with van der Waals surface area (Å²) in [5.41, 5.74) is 0.0751. The summed E-state index contributed by atoms with van der Waals surface area (Å²) in [6.07, 6.45) is 1.13. The fraction of sp³-hybridized carbons (Fsp3) is 0.118. The SMILES string of the molecule is CC.O=C(Nc1ncn(-c2c(F)cccc2F)n1)c1ccccc1. The predicted molar refractivity (Wildman–Crippen MR) is 87.0 cm³/mol. The zero-order valence-electron chi connectivity index (χ0n) is 13.2. The molecule has 0 atom stereocenters. The summed E-state index contributed by atoms with van der Waals surface area (Å²) in [6, 6.07) is 12.0. The number of anilines is 1. The molecule has 0 saturated heterocycles. The molecule has 5 nitrogen and oxygen atoms in total. The Hall–Kier alpha value is -3.09. The Morgan fingerprint density at radius 3 is 2.25 bits per heavy atom. The van der Waals surface area contributed by atoms with E-state index in [4.69, 9.17) is 0 Å². The van der Waals surface area contributed by atoms with Crippen LogP contribution in [0.5, 0.6) is 0 Å². The molecule has 1 aromatic heterocycles. The van der Waals surface area contributed by atoms with E-state index in [9.17, 15) is 13.6 Å². The molecular formula is C17H16F2N4O. The Balaban J connectivity index is 0.00000100. The maximum absolute atomic E-state index is 13.7. The second-order valence-electron chi connectivity index (χ2n) is 4.40. The van der Waals surface area contributed by atoms with Crippen molar-refractivity contribution in [3.8, 4) is 5.69 Å². The molecule has 1 heterocycles.